The zero-order chi connectivity index (χ0) is 54.7. The monoisotopic (exact) mass is 1050 g/mol. The Labute approximate surface area is 453 Å². The van der Waals surface area contributed by atoms with Crippen LogP contribution in [-0.4, -0.2) is 89.2 Å². The highest BCUT2D eigenvalue weighted by Gasteiger charge is 2.50. The lowest BCUT2D eigenvalue weighted by molar-refractivity contribution is -0.301. The Hall–Kier alpha value is -4.36. The largest absolute Gasteiger partial charge is 0.479 e. The average molecular weight is 1050 g/mol. The summed E-state index contributed by atoms with van der Waals surface area (Å²) in [6.45, 7) is 5.71. The number of unbranched alkanes of at least 4 members (excludes halogenated alkanes) is 19. The second-order valence-electron chi connectivity index (χ2n) is 19.5. The first kappa shape index (κ1) is 68.7. The number of carboxylic acid groups (broad SMARTS) is 1. The quantitative estimate of drug-likeness (QED) is 0.0228. The van der Waals surface area contributed by atoms with Crippen molar-refractivity contribution < 1.29 is 58.2 Å². The summed E-state index contributed by atoms with van der Waals surface area (Å²) < 4.78 is 28.3. The SMILES string of the molecule is CC/C=C\C/C=C\C/C=C\C/C=C\C/C=C\CC(=O)OC1C(OCC(COC(=O)CCCCCCCCC/C=C\C/C=C\C/C=C\CC)OC(=O)CCCCCCCCCCCCCCC)OC(C(=O)O)C(O)C1O. The topological polar surface area (TPSA) is 175 Å². The molecule has 0 amide bonds. The molecule has 1 saturated heterocycles. The van der Waals surface area contributed by atoms with Crippen LogP contribution in [0.4, 0.5) is 0 Å². The smallest absolute Gasteiger partial charge is 0.335 e. The Morgan fingerprint density at radius 2 is 0.880 bits per heavy atom. The highest BCUT2D eigenvalue weighted by Crippen LogP contribution is 2.26. The Balaban J connectivity index is 2.74. The molecule has 0 aromatic carbocycles. The lowest BCUT2D eigenvalue weighted by atomic mass is 9.98. The van der Waals surface area contributed by atoms with Crippen molar-refractivity contribution in [1.82, 2.24) is 0 Å². The van der Waals surface area contributed by atoms with Crippen LogP contribution in [0, 0.1) is 0 Å². The number of hydrogen-bond acceptors (Lipinski definition) is 11. The summed E-state index contributed by atoms with van der Waals surface area (Å²) in [4.78, 5) is 51.0. The summed E-state index contributed by atoms with van der Waals surface area (Å²) in [6.07, 6.45) is 54.0. The van der Waals surface area contributed by atoms with Gasteiger partial charge in [-0.05, 0) is 77.0 Å². The van der Waals surface area contributed by atoms with Gasteiger partial charge in [-0.25, -0.2) is 4.79 Å². The molecule has 0 saturated carbocycles. The number of esters is 3. The number of aliphatic hydroxyl groups excluding tert-OH is 2. The molecule has 12 nitrogen and oxygen atoms in total. The molecule has 75 heavy (non-hydrogen) atoms. The molecule has 0 bridgehead atoms. The van der Waals surface area contributed by atoms with Crippen LogP contribution in [0.1, 0.15) is 226 Å². The maximum atomic E-state index is 13.1. The van der Waals surface area contributed by atoms with E-state index in [0.29, 0.717) is 19.3 Å². The lowest BCUT2D eigenvalue weighted by Gasteiger charge is -2.40. The molecule has 0 aromatic heterocycles. The van der Waals surface area contributed by atoms with Gasteiger partial charge in [0.25, 0.3) is 0 Å². The summed E-state index contributed by atoms with van der Waals surface area (Å²) >= 11 is 0. The lowest BCUT2D eigenvalue weighted by Crippen LogP contribution is -2.61. The van der Waals surface area contributed by atoms with Crippen molar-refractivity contribution in [3.05, 3.63) is 97.2 Å². The van der Waals surface area contributed by atoms with E-state index in [1.807, 2.05) is 12.2 Å². The van der Waals surface area contributed by atoms with E-state index in [4.69, 9.17) is 23.7 Å². The van der Waals surface area contributed by atoms with Gasteiger partial charge in [0.15, 0.2) is 24.6 Å². The minimum absolute atomic E-state index is 0.149. The fourth-order valence-corrected chi connectivity index (χ4v) is 8.28. The van der Waals surface area contributed by atoms with Crippen LogP contribution < -0.4 is 0 Å². The van der Waals surface area contributed by atoms with E-state index in [1.165, 1.54) is 64.2 Å². The van der Waals surface area contributed by atoms with Crippen LogP contribution in [0.25, 0.3) is 0 Å². The van der Waals surface area contributed by atoms with Crippen molar-refractivity contribution >= 4 is 23.9 Å². The van der Waals surface area contributed by atoms with E-state index >= 15 is 0 Å². The van der Waals surface area contributed by atoms with Crippen molar-refractivity contribution in [2.75, 3.05) is 13.2 Å². The molecule has 3 N–H and O–H groups in total. The third-order valence-electron chi connectivity index (χ3n) is 12.7. The third kappa shape index (κ3) is 40.6. The molecule has 1 aliphatic rings. The van der Waals surface area contributed by atoms with E-state index in [1.54, 1.807) is 12.2 Å². The van der Waals surface area contributed by atoms with E-state index in [9.17, 15) is 34.5 Å². The first-order valence-electron chi connectivity index (χ1n) is 29.2. The molecule has 0 aliphatic carbocycles. The highest BCUT2D eigenvalue weighted by molar-refractivity contribution is 5.74. The Bertz CT molecular complexity index is 1670. The first-order valence-corrected chi connectivity index (χ1v) is 29.2. The predicted molar refractivity (Wildman–Crippen MR) is 303 cm³/mol. The predicted octanol–water partition coefficient (Wildman–Crippen LogP) is 14.9. The standard InChI is InChI=1S/C63H102O12/c1-4-7-10-13-16-19-22-25-27-28-30-32-34-37-40-43-46-49-55(64)71-52-54(73-56(65)50-47-44-41-38-35-31-24-21-18-15-12-9-6-3)53-72-63-61(59(68)58(67)60(75-63)62(69)70)74-57(66)51-48-45-42-39-36-33-29-26-23-20-17-14-11-8-5-2/h7-8,10-11,16-17,19-20,25-27,29,36,39,45,48,54,58-61,63,67-68H,4-6,9,12-15,18,21-24,28,30-35,37-38,40-44,46-47,49-53H2,1-3H3,(H,69,70)/b10-7-,11-8-,19-16-,20-17-,27-25-,29-26-,39-36-,48-45-. The van der Waals surface area contributed by atoms with Gasteiger partial charge in [0.1, 0.15) is 18.8 Å². The van der Waals surface area contributed by atoms with Crippen LogP contribution in [0.15, 0.2) is 97.2 Å². The van der Waals surface area contributed by atoms with Crippen molar-refractivity contribution in [2.45, 2.75) is 263 Å². The second kappa shape index (κ2) is 50.5. The molecular formula is C63H102O12. The van der Waals surface area contributed by atoms with Gasteiger partial charge in [0, 0.05) is 12.8 Å². The van der Waals surface area contributed by atoms with Gasteiger partial charge >= 0.3 is 23.9 Å². The number of allylic oxidation sites excluding steroid dienone is 15. The van der Waals surface area contributed by atoms with Gasteiger partial charge in [-0.3, -0.25) is 14.4 Å². The van der Waals surface area contributed by atoms with Gasteiger partial charge in [0.05, 0.1) is 13.0 Å². The molecule has 1 heterocycles. The van der Waals surface area contributed by atoms with Crippen molar-refractivity contribution in [3.63, 3.8) is 0 Å². The van der Waals surface area contributed by atoms with E-state index in [0.717, 1.165) is 103 Å². The molecular weight excluding hydrogens is 949 g/mol. The molecule has 1 fully saturated rings. The van der Waals surface area contributed by atoms with E-state index < -0.39 is 67.3 Å². The molecule has 426 valence electrons. The van der Waals surface area contributed by atoms with E-state index in [2.05, 4.69) is 93.7 Å². The average Bonchev–Trinajstić information content (AvgIpc) is 3.39. The molecule has 0 radical (unpaired) electrons. The van der Waals surface area contributed by atoms with Crippen LogP contribution in [-0.2, 0) is 42.9 Å². The summed E-state index contributed by atoms with van der Waals surface area (Å²) in [7, 11) is 0. The molecule has 0 aromatic rings. The third-order valence-corrected chi connectivity index (χ3v) is 12.7. The molecule has 0 spiro atoms. The van der Waals surface area contributed by atoms with Gasteiger partial charge in [-0.2, -0.15) is 0 Å². The number of ether oxygens (including phenoxy) is 5. The van der Waals surface area contributed by atoms with Crippen molar-refractivity contribution in [1.29, 1.82) is 0 Å². The van der Waals surface area contributed by atoms with Gasteiger partial charge in [-0.1, -0.05) is 227 Å². The second-order valence-corrected chi connectivity index (χ2v) is 19.5. The number of hydrogen-bond donors (Lipinski definition) is 3. The van der Waals surface area contributed by atoms with Crippen LogP contribution in [0.3, 0.4) is 0 Å². The van der Waals surface area contributed by atoms with Gasteiger partial charge in [-0.15, -0.1) is 0 Å². The van der Waals surface area contributed by atoms with Crippen LogP contribution >= 0.6 is 0 Å². The molecule has 12 heteroatoms. The highest BCUT2D eigenvalue weighted by atomic mass is 16.7. The van der Waals surface area contributed by atoms with Crippen LogP contribution in [0.2, 0.25) is 0 Å². The summed E-state index contributed by atoms with van der Waals surface area (Å²) in [5, 5.41) is 31.4. The zero-order valence-corrected chi connectivity index (χ0v) is 46.8. The first-order chi connectivity index (χ1) is 36.6. The molecule has 6 unspecified atom stereocenters. The number of aliphatic hydroxyl groups is 2. The summed E-state index contributed by atoms with van der Waals surface area (Å²) in [6, 6.07) is 0. The fraction of sp³-hybridized carbons (Fsp3) is 0.683. The fourth-order valence-electron chi connectivity index (χ4n) is 8.28. The molecule has 1 rings (SSSR count). The minimum Gasteiger partial charge on any atom is -0.479 e. The zero-order valence-electron chi connectivity index (χ0n) is 46.8. The minimum atomic E-state index is -1.94. The van der Waals surface area contributed by atoms with Gasteiger partial charge in [0.2, 0.25) is 0 Å². The maximum absolute atomic E-state index is 13.1. The Morgan fingerprint density at radius 1 is 0.467 bits per heavy atom. The number of aliphatic carboxylic acids is 1. The number of rotatable bonds is 48. The Morgan fingerprint density at radius 3 is 1.35 bits per heavy atom. The molecule has 1 aliphatic heterocycles. The summed E-state index contributed by atoms with van der Waals surface area (Å²) in [5.74, 6) is -3.30. The number of carbonyl (C=O) groups excluding carboxylic acids is 3. The van der Waals surface area contributed by atoms with Crippen molar-refractivity contribution in [3.8, 4) is 0 Å². The van der Waals surface area contributed by atoms with Gasteiger partial charge < -0.3 is 39.0 Å². The van der Waals surface area contributed by atoms with E-state index in [-0.39, 0.29) is 25.9 Å². The summed E-state index contributed by atoms with van der Waals surface area (Å²) in [5.41, 5.74) is 0. The normalized spacial score (nSPS) is 18.9. The maximum Gasteiger partial charge on any atom is 0.335 e. The Kier molecular flexibility index (Phi) is 46.2. The molecule has 6 atom stereocenters. The van der Waals surface area contributed by atoms with Crippen molar-refractivity contribution in [2.24, 2.45) is 0 Å². The van der Waals surface area contributed by atoms with Crippen LogP contribution in [0.5, 0.6) is 0 Å². The number of carbonyl (C=O) groups is 4. The number of carboxylic acids is 1.